The molecule has 0 aliphatic heterocycles. The summed E-state index contributed by atoms with van der Waals surface area (Å²) in [5.41, 5.74) is 0.284. The van der Waals surface area contributed by atoms with Gasteiger partial charge in [-0.2, -0.15) is 4.39 Å². The number of carboxylic acids is 1. The van der Waals surface area contributed by atoms with E-state index in [0.717, 1.165) is 25.3 Å². The Morgan fingerprint density at radius 3 is 2.47 bits per heavy atom. The zero-order valence-corrected chi connectivity index (χ0v) is 16.4. The second-order valence-electron chi connectivity index (χ2n) is 7.32. The molecule has 0 unspecified atom stereocenters. The highest BCUT2D eigenvalue weighted by atomic mass is 19.2. The Morgan fingerprint density at radius 1 is 1.10 bits per heavy atom. The van der Waals surface area contributed by atoms with Gasteiger partial charge >= 0.3 is 5.97 Å². The molecule has 0 heterocycles. The highest BCUT2D eigenvalue weighted by molar-refractivity contribution is 5.96. The van der Waals surface area contributed by atoms with Gasteiger partial charge in [0.2, 0.25) is 11.7 Å². The summed E-state index contributed by atoms with van der Waals surface area (Å²) in [5.74, 6) is -3.11. The van der Waals surface area contributed by atoms with E-state index in [4.69, 9.17) is 4.74 Å². The predicted octanol–water partition coefficient (Wildman–Crippen LogP) is 5.27. The van der Waals surface area contributed by atoms with E-state index >= 15 is 0 Å². The number of aliphatic carboxylic acids is 1. The summed E-state index contributed by atoms with van der Waals surface area (Å²) in [6, 6.07) is 9.73. The zero-order valence-electron chi connectivity index (χ0n) is 16.4. The number of rotatable bonds is 8. The Bertz CT molecular complexity index is 935. The topological polar surface area (TPSA) is 75.6 Å². The van der Waals surface area contributed by atoms with Crippen molar-refractivity contribution in [2.45, 2.75) is 38.5 Å². The highest BCUT2D eigenvalue weighted by Gasteiger charge is 2.18. The van der Waals surface area contributed by atoms with Gasteiger partial charge in [0.25, 0.3) is 0 Å². The number of carbonyl (C=O) groups excluding carboxylic acids is 1. The smallest absolute Gasteiger partial charge is 0.352 e. The summed E-state index contributed by atoms with van der Waals surface area (Å²) in [7, 11) is 0. The Labute approximate surface area is 173 Å². The van der Waals surface area contributed by atoms with E-state index in [1.165, 1.54) is 43.2 Å². The van der Waals surface area contributed by atoms with E-state index in [1.54, 1.807) is 12.1 Å². The third-order valence-corrected chi connectivity index (χ3v) is 5.09. The first kappa shape index (κ1) is 21.5. The molecule has 2 aromatic rings. The van der Waals surface area contributed by atoms with Gasteiger partial charge in [0.1, 0.15) is 11.4 Å². The SMILES string of the molecule is O=C(CCC1CCCC1)N/C(=C\c1ccc(Oc2cccc(F)c2F)cc1)C(=O)O. The summed E-state index contributed by atoms with van der Waals surface area (Å²) in [6.07, 6.45) is 7.03. The molecule has 1 fully saturated rings. The van der Waals surface area contributed by atoms with Crippen LogP contribution in [0.15, 0.2) is 48.2 Å². The highest BCUT2D eigenvalue weighted by Crippen LogP contribution is 2.28. The lowest BCUT2D eigenvalue weighted by atomic mass is 10.0. The lowest BCUT2D eigenvalue weighted by Crippen LogP contribution is -2.27. The number of amides is 1. The van der Waals surface area contributed by atoms with Gasteiger partial charge in [0.05, 0.1) is 0 Å². The number of halogens is 2. The van der Waals surface area contributed by atoms with Crippen LogP contribution in [-0.4, -0.2) is 17.0 Å². The van der Waals surface area contributed by atoms with Gasteiger partial charge in [-0.05, 0) is 48.2 Å². The Hall–Kier alpha value is -3.22. The van der Waals surface area contributed by atoms with E-state index < -0.39 is 17.6 Å². The van der Waals surface area contributed by atoms with Crippen molar-refractivity contribution in [2.24, 2.45) is 5.92 Å². The van der Waals surface area contributed by atoms with Crippen molar-refractivity contribution in [3.63, 3.8) is 0 Å². The van der Waals surface area contributed by atoms with Crippen molar-refractivity contribution in [3.05, 3.63) is 65.4 Å². The number of nitrogens with one attached hydrogen (secondary N) is 1. The van der Waals surface area contributed by atoms with Gasteiger partial charge < -0.3 is 15.2 Å². The van der Waals surface area contributed by atoms with Gasteiger partial charge in [-0.1, -0.05) is 43.9 Å². The molecular formula is C23H23F2NO4. The molecule has 7 heteroatoms. The van der Waals surface area contributed by atoms with Crippen molar-refractivity contribution in [1.82, 2.24) is 5.32 Å². The van der Waals surface area contributed by atoms with Crippen LogP contribution in [0.4, 0.5) is 8.78 Å². The third kappa shape index (κ3) is 5.89. The minimum absolute atomic E-state index is 0.226. The van der Waals surface area contributed by atoms with E-state index in [1.807, 2.05) is 0 Å². The number of hydrogen-bond donors (Lipinski definition) is 2. The first-order valence-corrected chi connectivity index (χ1v) is 9.89. The number of benzene rings is 2. The molecule has 3 rings (SSSR count). The fourth-order valence-corrected chi connectivity index (χ4v) is 3.49. The quantitative estimate of drug-likeness (QED) is 0.576. The predicted molar refractivity (Wildman–Crippen MR) is 108 cm³/mol. The number of hydrogen-bond acceptors (Lipinski definition) is 3. The molecule has 2 aromatic carbocycles. The Morgan fingerprint density at radius 2 is 1.80 bits per heavy atom. The fourth-order valence-electron chi connectivity index (χ4n) is 3.49. The van der Waals surface area contributed by atoms with Gasteiger partial charge in [0.15, 0.2) is 11.6 Å². The Kier molecular flexibility index (Phi) is 7.17. The average molecular weight is 415 g/mol. The van der Waals surface area contributed by atoms with Gasteiger partial charge in [-0.25, -0.2) is 9.18 Å². The molecule has 0 bridgehead atoms. The van der Waals surface area contributed by atoms with Crippen molar-refractivity contribution in [2.75, 3.05) is 0 Å². The van der Waals surface area contributed by atoms with Crippen molar-refractivity contribution in [3.8, 4) is 11.5 Å². The summed E-state index contributed by atoms with van der Waals surface area (Å²) < 4.78 is 32.3. The summed E-state index contributed by atoms with van der Waals surface area (Å²) in [6.45, 7) is 0. The molecule has 0 aromatic heterocycles. The summed E-state index contributed by atoms with van der Waals surface area (Å²) in [5, 5.41) is 11.8. The second-order valence-corrected chi connectivity index (χ2v) is 7.32. The van der Waals surface area contributed by atoms with Crippen LogP contribution in [0.5, 0.6) is 11.5 Å². The van der Waals surface area contributed by atoms with Crippen LogP contribution in [0.3, 0.4) is 0 Å². The molecule has 0 radical (unpaired) electrons. The minimum atomic E-state index is -1.24. The van der Waals surface area contributed by atoms with Crippen LogP contribution in [0.2, 0.25) is 0 Å². The van der Waals surface area contributed by atoms with Gasteiger partial charge in [-0.15, -0.1) is 0 Å². The first-order chi connectivity index (χ1) is 14.4. The fraction of sp³-hybridized carbons (Fsp3) is 0.304. The maximum absolute atomic E-state index is 13.7. The standard InChI is InChI=1S/C23H23F2NO4/c24-18-6-3-7-20(22(18)25)30-17-11-8-16(9-12-17)14-19(23(28)29)26-21(27)13-10-15-4-1-2-5-15/h3,6-9,11-12,14-15H,1-2,4-5,10,13H2,(H,26,27)(H,28,29)/b19-14-. The Balaban J connectivity index is 1.63. The maximum Gasteiger partial charge on any atom is 0.352 e. The maximum atomic E-state index is 13.7. The molecule has 0 spiro atoms. The molecule has 158 valence electrons. The van der Waals surface area contributed by atoms with Crippen LogP contribution in [0, 0.1) is 17.6 Å². The number of carboxylic acid groups (broad SMARTS) is 1. The number of carbonyl (C=O) groups is 2. The lowest BCUT2D eigenvalue weighted by Gasteiger charge is -2.10. The summed E-state index contributed by atoms with van der Waals surface area (Å²) >= 11 is 0. The largest absolute Gasteiger partial charge is 0.477 e. The van der Waals surface area contributed by atoms with Crippen LogP contribution in [0.25, 0.3) is 6.08 Å². The first-order valence-electron chi connectivity index (χ1n) is 9.89. The van der Waals surface area contributed by atoms with E-state index in [9.17, 15) is 23.5 Å². The molecule has 0 atom stereocenters. The van der Waals surface area contributed by atoms with Crippen molar-refractivity contribution in [1.29, 1.82) is 0 Å². The molecule has 0 saturated heterocycles. The second kappa shape index (κ2) is 10.0. The monoisotopic (exact) mass is 415 g/mol. The molecular weight excluding hydrogens is 392 g/mol. The van der Waals surface area contributed by atoms with Crippen molar-refractivity contribution >= 4 is 18.0 Å². The van der Waals surface area contributed by atoms with Crippen LogP contribution < -0.4 is 10.1 Å². The molecule has 1 aliphatic carbocycles. The van der Waals surface area contributed by atoms with E-state index in [2.05, 4.69) is 5.32 Å². The molecule has 1 saturated carbocycles. The molecule has 1 aliphatic rings. The average Bonchev–Trinajstić information content (AvgIpc) is 3.24. The minimum Gasteiger partial charge on any atom is -0.477 e. The molecule has 1 amide bonds. The van der Waals surface area contributed by atoms with Crippen molar-refractivity contribution < 1.29 is 28.2 Å². The number of ether oxygens (including phenoxy) is 1. The van der Waals surface area contributed by atoms with Crippen LogP contribution >= 0.6 is 0 Å². The van der Waals surface area contributed by atoms with Gasteiger partial charge in [-0.3, -0.25) is 4.79 Å². The normalized spacial score (nSPS) is 14.5. The van der Waals surface area contributed by atoms with Crippen LogP contribution in [0.1, 0.15) is 44.1 Å². The third-order valence-electron chi connectivity index (χ3n) is 5.09. The van der Waals surface area contributed by atoms with Crippen LogP contribution in [-0.2, 0) is 9.59 Å². The summed E-state index contributed by atoms with van der Waals surface area (Å²) in [4.78, 5) is 23.6. The molecule has 5 nitrogen and oxygen atoms in total. The zero-order chi connectivity index (χ0) is 21.5. The molecule has 30 heavy (non-hydrogen) atoms. The molecule has 2 N–H and O–H groups in total. The van der Waals surface area contributed by atoms with E-state index in [0.29, 0.717) is 17.9 Å². The van der Waals surface area contributed by atoms with Gasteiger partial charge in [0, 0.05) is 6.42 Å². The van der Waals surface area contributed by atoms with E-state index in [-0.39, 0.29) is 23.1 Å². The lowest BCUT2D eigenvalue weighted by molar-refractivity contribution is -0.134.